The average Bonchev–Trinajstić information content (AvgIpc) is 3.18. The van der Waals surface area contributed by atoms with Gasteiger partial charge in [0.25, 0.3) is 0 Å². The number of benzene rings is 1. The Labute approximate surface area is 116 Å². The molecule has 0 bridgehead atoms. The normalized spacial score (nSPS) is 15.1. The maximum absolute atomic E-state index is 13.9. The van der Waals surface area contributed by atoms with Crippen LogP contribution in [0.3, 0.4) is 0 Å². The van der Waals surface area contributed by atoms with Gasteiger partial charge in [0.1, 0.15) is 16.5 Å². The number of nitrogens with zero attached hydrogens (tertiary/aromatic N) is 1. The summed E-state index contributed by atoms with van der Waals surface area (Å²) >= 11 is 0. The minimum Gasteiger partial charge on any atom is -0.320 e. The number of sulfonamides is 1. The van der Waals surface area contributed by atoms with Gasteiger partial charge in [-0.2, -0.15) is 4.31 Å². The van der Waals surface area contributed by atoms with E-state index in [1.54, 1.807) is 0 Å². The van der Waals surface area contributed by atoms with E-state index in [1.807, 2.05) is 0 Å². The van der Waals surface area contributed by atoms with Gasteiger partial charge >= 0.3 is 0 Å². The van der Waals surface area contributed by atoms with E-state index in [0.29, 0.717) is 6.07 Å². The molecule has 0 aromatic heterocycles. The molecule has 1 aliphatic rings. The summed E-state index contributed by atoms with van der Waals surface area (Å²) in [6, 6.07) is 1.32. The molecule has 1 saturated carbocycles. The van der Waals surface area contributed by atoms with Gasteiger partial charge in [-0.05, 0) is 18.9 Å². The second-order valence-corrected chi connectivity index (χ2v) is 6.46. The average molecular weight is 300 g/mol. The van der Waals surface area contributed by atoms with Gasteiger partial charge < -0.3 is 5.73 Å². The SMILES string of the molecule is CN(C1CC1)S(=O)(=O)c1c(F)cc(F)cc1C#CCN. The Morgan fingerprint density at radius 1 is 1.40 bits per heavy atom. The molecule has 1 aliphatic carbocycles. The highest BCUT2D eigenvalue weighted by molar-refractivity contribution is 7.89. The van der Waals surface area contributed by atoms with Crippen molar-refractivity contribution in [3.05, 3.63) is 29.3 Å². The van der Waals surface area contributed by atoms with Crippen LogP contribution in [0.4, 0.5) is 8.78 Å². The van der Waals surface area contributed by atoms with Crippen molar-refractivity contribution in [2.24, 2.45) is 5.73 Å². The molecular formula is C13H14F2N2O2S. The third kappa shape index (κ3) is 2.82. The number of hydrogen-bond donors (Lipinski definition) is 1. The maximum atomic E-state index is 13.9. The van der Waals surface area contributed by atoms with Gasteiger partial charge in [0.2, 0.25) is 10.0 Å². The van der Waals surface area contributed by atoms with Gasteiger partial charge in [0.05, 0.1) is 12.1 Å². The van der Waals surface area contributed by atoms with Crippen LogP contribution in [0.5, 0.6) is 0 Å². The van der Waals surface area contributed by atoms with Crippen LogP contribution < -0.4 is 5.73 Å². The second kappa shape index (κ2) is 5.48. The Balaban J connectivity index is 2.59. The van der Waals surface area contributed by atoms with Crippen LogP contribution in [0.1, 0.15) is 18.4 Å². The van der Waals surface area contributed by atoms with E-state index < -0.39 is 26.6 Å². The lowest BCUT2D eigenvalue weighted by atomic mass is 10.2. The van der Waals surface area contributed by atoms with Crippen LogP contribution in [0, 0.1) is 23.5 Å². The van der Waals surface area contributed by atoms with Crippen LogP contribution in [0.15, 0.2) is 17.0 Å². The third-order valence-electron chi connectivity index (χ3n) is 3.03. The van der Waals surface area contributed by atoms with E-state index in [4.69, 9.17) is 5.73 Å². The molecule has 0 saturated heterocycles. The topological polar surface area (TPSA) is 63.4 Å². The molecule has 7 heteroatoms. The van der Waals surface area contributed by atoms with Crippen molar-refractivity contribution in [2.45, 2.75) is 23.8 Å². The van der Waals surface area contributed by atoms with Crippen molar-refractivity contribution in [1.82, 2.24) is 4.31 Å². The van der Waals surface area contributed by atoms with Gasteiger partial charge in [-0.3, -0.25) is 0 Å². The molecule has 0 unspecified atom stereocenters. The molecule has 20 heavy (non-hydrogen) atoms. The molecule has 4 nitrogen and oxygen atoms in total. The van der Waals surface area contributed by atoms with Crippen molar-refractivity contribution < 1.29 is 17.2 Å². The van der Waals surface area contributed by atoms with Gasteiger partial charge in [-0.15, -0.1) is 0 Å². The first-order valence-corrected chi connectivity index (χ1v) is 7.48. The first-order chi connectivity index (χ1) is 9.37. The zero-order valence-electron chi connectivity index (χ0n) is 10.9. The minimum atomic E-state index is -4.04. The lowest BCUT2D eigenvalue weighted by molar-refractivity contribution is 0.456. The van der Waals surface area contributed by atoms with E-state index in [2.05, 4.69) is 11.8 Å². The van der Waals surface area contributed by atoms with Crippen LogP contribution in [0.2, 0.25) is 0 Å². The first-order valence-electron chi connectivity index (χ1n) is 6.04. The van der Waals surface area contributed by atoms with Crippen molar-refractivity contribution >= 4 is 10.0 Å². The zero-order chi connectivity index (χ0) is 14.9. The van der Waals surface area contributed by atoms with Crippen LogP contribution in [0.25, 0.3) is 0 Å². The molecule has 0 amide bonds. The largest absolute Gasteiger partial charge is 0.320 e. The summed E-state index contributed by atoms with van der Waals surface area (Å²) in [5.41, 5.74) is 5.00. The molecular weight excluding hydrogens is 286 g/mol. The van der Waals surface area contributed by atoms with E-state index in [1.165, 1.54) is 7.05 Å². The monoisotopic (exact) mass is 300 g/mol. The minimum absolute atomic E-state index is 0.0317. The lowest BCUT2D eigenvalue weighted by Gasteiger charge is -2.18. The van der Waals surface area contributed by atoms with Gasteiger partial charge in [-0.1, -0.05) is 11.8 Å². The van der Waals surface area contributed by atoms with Crippen molar-refractivity contribution in [2.75, 3.05) is 13.6 Å². The predicted molar refractivity (Wildman–Crippen MR) is 70.3 cm³/mol. The lowest BCUT2D eigenvalue weighted by Crippen LogP contribution is -2.30. The van der Waals surface area contributed by atoms with Gasteiger partial charge in [0.15, 0.2) is 0 Å². The molecule has 2 N–H and O–H groups in total. The van der Waals surface area contributed by atoms with E-state index in [0.717, 1.165) is 23.2 Å². The standard InChI is InChI=1S/C13H14F2N2O2S/c1-17(11-4-5-11)20(18,19)13-9(3-2-6-16)7-10(14)8-12(13)15/h7-8,11H,4-6,16H2,1H3. The summed E-state index contributed by atoms with van der Waals surface area (Å²) in [4.78, 5) is -0.589. The summed E-state index contributed by atoms with van der Waals surface area (Å²) in [7, 11) is -2.65. The molecule has 0 heterocycles. The quantitative estimate of drug-likeness (QED) is 0.849. The van der Waals surface area contributed by atoms with Crippen LogP contribution in [-0.4, -0.2) is 32.4 Å². The molecule has 0 radical (unpaired) electrons. The third-order valence-corrected chi connectivity index (χ3v) is 5.02. The number of rotatable bonds is 3. The van der Waals surface area contributed by atoms with Crippen LogP contribution >= 0.6 is 0 Å². The summed E-state index contributed by atoms with van der Waals surface area (Å²) < 4.78 is 53.1. The second-order valence-electron chi connectivity index (χ2n) is 4.52. The first kappa shape index (κ1) is 14.9. The predicted octanol–water partition coefficient (Wildman–Crippen LogP) is 1.06. The number of halogens is 2. The smallest absolute Gasteiger partial charge is 0.247 e. The molecule has 1 fully saturated rings. The summed E-state index contributed by atoms with van der Waals surface area (Å²) in [6.07, 6.45) is 1.48. The van der Waals surface area contributed by atoms with Crippen molar-refractivity contribution in [3.63, 3.8) is 0 Å². The summed E-state index contributed by atoms with van der Waals surface area (Å²) in [5, 5.41) is 0. The highest BCUT2D eigenvalue weighted by Gasteiger charge is 2.37. The van der Waals surface area contributed by atoms with E-state index in [-0.39, 0.29) is 18.2 Å². The Hall–Kier alpha value is -1.49. The molecule has 0 spiro atoms. The van der Waals surface area contributed by atoms with Gasteiger partial charge in [0, 0.05) is 19.2 Å². The molecule has 2 rings (SSSR count). The maximum Gasteiger partial charge on any atom is 0.247 e. The van der Waals surface area contributed by atoms with Crippen molar-refractivity contribution in [1.29, 1.82) is 0 Å². The van der Waals surface area contributed by atoms with E-state index in [9.17, 15) is 17.2 Å². The molecule has 0 atom stereocenters. The zero-order valence-corrected chi connectivity index (χ0v) is 11.7. The van der Waals surface area contributed by atoms with Crippen molar-refractivity contribution in [3.8, 4) is 11.8 Å². The Morgan fingerprint density at radius 2 is 2.05 bits per heavy atom. The van der Waals surface area contributed by atoms with E-state index >= 15 is 0 Å². The fourth-order valence-electron chi connectivity index (χ4n) is 1.84. The molecule has 1 aromatic rings. The number of hydrogen-bond acceptors (Lipinski definition) is 3. The fourth-order valence-corrected chi connectivity index (χ4v) is 3.42. The molecule has 0 aliphatic heterocycles. The highest BCUT2D eigenvalue weighted by atomic mass is 32.2. The Kier molecular flexibility index (Phi) is 4.09. The highest BCUT2D eigenvalue weighted by Crippen LogP contribution is 2.32. The summed E-state index contributed by atoms with van der Waals surface area (Å²) in [5.74, 6) is 2.81. The molecule has 108 valence electrons. The summed E-state index contributed by atoms with van der Waals surface area (Å²) in [6.45, 7) is -0.0317. The fraction of sp³-hybridized carbons (Fsp3) is 0.385. The van der Waals surface area contributed by atoms with Gasteiger partial charge in [-0.25, -0.2) is 17.2 Å². The number of nitrogens with two attached hydrogens (primary N) is 1. The Bertz CT molecular complexity index is 688. The van der Waals surface area contributed by atoms with Crippen LogP contribution in [-0.2, 0) is 10.0 Å². The Morgan fingerprint density at radius 3 is 2.60 bits per heavy atom. The molecule has 1 aromatic carbocycles.